The molecule has 2 aliphatic rings. The molecule has 42 heavy (non-hydrogen) atoms. The number of para-hydroxylation sites is 1. The summed E-state index contributed by atoms with van der Waals surface area (Å²) in [4.78, 5) is 35.0. The minimum Gasteiger partial charge on any atom is -0.490 e. The van der Waals surface area contributed by atoms with Crippen molar-refractivity contribution in [2.75, 3.05) is 32.8 Å². The van der Waals surface area contributed by atoms with Crippen molar-refractivity contribution in [1.29, 1.82) is 0 Å². The van der Waals surface area contributed by atoms with E-state index in [1.54, 1.807) is 15.9 Å². The molecule has 0 bridgehead atoms. The van der Waals surface area contributed by atoms with E-state index in [0.717, 1.165) is 39.7 Å². The normalized spacial score (nSPS) is 20.0. The third-order valence-electron chi connectivity index (χ3n) is 8.51. The summed E-state index contributed by atoms with van der Waals surface area (Å²) >= 11 is 0. The number of benzene rings is 3. The van der Waals surface area contributed by atoms with E-state index in [-0.39, 0.29) is 30.1 Å². The molecule has 3 heterocycles. The minimum atomic E-state index is -1.20. The highest BCUT2D eigenvalue weighted by Crippen LogP contribution is 2.49. The third kappa shape index (κ3) is 4.68. The summed E-state index contributed by atoms with van der Waals surface area (Å²) in [5.74, 6) is 0.620. The SMILES string of the molecule is CCCOc1ccc(C2CN3C(=O)CN(CCc4cccc(F)c4)C(=O)C3(C)c3[nH]c4ccccc4c32)cc1OCC. The Bertz CT molecular complexity index is 1650. The van der Waals surface area contributed by atoms with Crippen molar-refractivity contribution in [3.63, 3.8) is 0 Å². The van der Waals surface area contributed by atoms with Gasteiger partial charge in [0.15, 0.2) is 17.0 Å². The summed E-state index contributed by atoms with van der Waals surface area (Å²) in [6, 6.07) is 20.4. The Morgan fingerprint density at radius 2 is 1.83 bits per heavy atom. The van der Waals surface area contributed by atoms with Crippen LogP contribution in [0.2, 0.25) is 0 Å². The second-order valence-electron chi connectivity index (χ2n) is 11.2. The molecule has 1 aromatic heterocycles. The van der Waals surface area contributed by atoms with Gasteiger partial charge in [0.05, 0.1) is 25.5 Å². The molecule has 0 radical (unpaired) electrons. The number of rotatable bonds is 9. The molecule has 1 saturated heterocycles. The third-order valence-corrected chi connectivity index (χ3v) is 8.51. The van der Waals surface area contributed by atoms with Crippen molar-refractivity contribution in [3.8, 4) is 11.5 Å². The first-order chi connectivity index (χ1) is 20.3. The molecule has 1 fully saturated rings. The zero-order valence-electron chi connectivity index (χ0n) is 24.3. The van der Waals surface area contributed by atoms with Crippen molar-refractivity contribution < 1.29 is 23.5 Å². The Hall–Kier alpha value is -4.33. The van der Waals surface area contributed by atoms with Gasteiger partial charge in [-0.3, -0.25) is 9.59 Å². The second kappa shape index (κ2) is 11.2. The average molecular weight is 570 g/mol. The molecule has 2 atom stereocenters. The number of aromatic amines is 1. The lowest BCUT2D eigenvalue weighted by Crippen LogP contribution is -2.67. The Morgan fingerprint density at radius 3 is 2.62 bits per heavy atom. The fraction of sp³-hybridized carbons (Fsp3) is 0.353. The van der Waals surface area contributed by atoms with Gasteiger partial charge in [-0.25, -0.2) is 4.39 Å². The van der Waals surface area contributed by atoms with Crippen molar-refractivity contribution in [2.24, 2.45) is 0 Å². The van der Waals surface area contributed by atoms with Gasteiger partial charge in [0.25, 0.3) is 5.91 Å². The first-order valence-corrected chi connectivity index (χ1v) is 14.7. The average Bonchev–Trinajstić information content (AvgIpc) is 3.39. The van der Waals surface area contributed by atoms with E-state index >= 15 is 0 Å². The van der Waals surface area contributed by atoms with Crippen LogP contribution in [0.1, 0.15) is 55.5 Å². The largest absolute Gasteiger partial charge is 0.490 e. The van der Waals surface area contributed by atoms with Crippen molar-refractivity contribution in [3.05, 3.63) is 94.9 Å². The molecule has 218 valence electrons. The number of hydrogen-bond donors (Lipinski definition) is 1. The molecule has 2 unspecified atom stereocenters. The number of nitrogens with one attached hydrogen (secondary N) is 1. The van der Waals surface area contributed by atoms with E-state index in [2.05, 4.69) is 18.0 Å². The van der Waals surface area contributed by atoms with Crippen LogP contribution in [0, 0.1) is 5.82 Å². The maximum absolute atomic E-state index is 14.3. The highest BCUT2D eigenvalue weighted by atomic mass is 19.1. The number of amides is 2. The Balaban J connectivity index is 1.42. The van der Waals surface area contributed by atoms with Crippen LogP contribution < -0.4 is 9.47 Å². The molecule has 1 N–H and O–H groups in total. The van der Waals surface area contributed by atoms with E-state index in [1.807, 2.05) is 56.3 Å². The molecule has 3 aromatic carbocycles. The first-order valence-electron chi connectivity index (χ1n) is 14.7. The van der Waals surface area contributed by atoms with Gasteiger partial charge in [-0.05, 0) is 73.7 Å². The van der Waals surface area contributed by atoms with Crippen LogP contribution in [0.25, 0.3) is 10.9 Å². The standard InChI is InChI=1S/C34H36FN3O4/c1-4-17-42-28-14-13-23(19-29(28)41-5-2)26-20-38-30(39)21-37(16-15-22-9-8-10-24(35)18-22)33(40)34(38,3)32-31(26)25-11-6-7-12-27(25)36-32/h6-14,18-19,26,36H,4-5,15-17,20-21H2,1-3H3. The summed E-state index contributed by atoms with van der Waals surface area (Å²) in [5, 5.41) is 1.03. The highest BCUT2D eigenvalue weighted by molar-refractivity contribution is 6.01. The minimum absolute atomic E-state index is 0.0139. The number of aromatic nitrogens is 1. The summed E-state index contributed by atoms with van der Waals surface area (Å²) in [6.07, 6.45) is 1.35. The number of halogens is 1. The van der Waals surface area contributed by atoms with Crippen LogP contribution in [-0.4, -0.2) is 59.4 Å². The number of hydrogen-bond acceptors (Lipinski definition) is 4. The lowest BCUT2D eigenvalue weighted by molar-refractivity contribution is -0.166. The number of nitrogens with zero attached hydrogens (tertiary/aromatic N) is 2. The van der Waals surface area contributed by atoms with Gasteiger partial charge in [-0.15, -0.1) is 0 Å². The number of carbonyl (C=O) groups excluding carboxylic acids is 2. The van der Waals surface area contributed by atoms with Crippen LogP contribution in [-0.2, 0) is 21.5 Å². The topological polar surface area (TPSA) is 74.9 Å². The van der Waals surface area contributed by atoms with E-state index in [9.17, 15) is 14.0 Å². The van der Waals surface area contributed by atoms with Gasteiger partial charge in [-0.1, -0.05) is 43.3 Å². The number of carbonyl (C=O) groups is 2. The molecule has 0 spiro atoms. The number of H-pyrrole nitrogens is 1. The Labute approximate surface area is 245 Å². The molecule has 2 amide bonds. The number of fused-ring (bicyclic) bond motifs is 5. The molecule has 7 nitrogen and oxygen atoms in total. The van der Waals surface area contributed by atoms with E-state index < -0.39 is 5.54 Å². The van der Waals surface area contributed by atoms with Crippen LogP contribution in [0.4, 0.5) is 4.39 Å². The summed E-state index contributed by atoms with van der Waals surface area (Å²) in [5.41, 5.74) is 3.24. The van der Waals surface area contributed by atoms with Gasteiger partial charge in [-0.2, -0.15) is 0 Å². The quantitative estimate of drug-likeness (QED) is 0.278. The van der Waals surface area contributed by atoms with Gasteiger partial charge in [0, 0.05) is 29.9 Å². The lowest BCUT2D eigenvalue weighted by Gasteiger charge is -2.51. The van der Waals surface area contributed by atoms with Crippen LogP contribution in [0.5, 0.6) is 11.5 Å². The zero-order chi connectivity index (χ0) is 29.4. The lowest BCUT2D eigenvalue weighted by atomic mass is 9.76. The summed E-state index contributed by atoms with van der Waals surface area (Å²) in [6.45, 7) is 7.61. The van der Waals surface area contributed by atoms with E-state index in [4.69, 9.17) is 9.47 Å². The fourth-order valence-electron chi connectivity index (χ4n) is 6.45. The predicted molar refractivity (Wildman–Crippen MR) is 159 cm³/mol. The maximum Gasteiger partial charge on any atom is 0.254 e. The van der Waals surface area contributed by atoms with Gasteiger partial charge in [0.2, 0.25) is 5.91 Å². The molecule has 4 aromatic rings. The highest BCUT2D eigenvalue weighted by Gasteiger charge is 2.56. The molecular weight excluding hydrogens is 533 g/mol. The number of ether oxygens (including phenoxy) is 2. The fourth-order valence-corrected chi connectivity index (χ4v) is 6.45. The zero-order valence-corrected chi connectivity index (χ0v) is 24.3. The monoisotopic (exact) mass is 569 g/mol. The van der Waals surface area contributed by atoms with Crippen LogP contribution in [0.3, 0.4) is 0 Å². The Kier molecular flexibility index (Phi) is 7.39. The van der Waals surface area contributed by atoms with Gasteiger partial charge in [0.1, 0.15) is 5.82 Å². The molecule has 0 saturated carbocycles. The van der Waals surface area contributed by atoms with Crippen molar-refractivity contribution >= 4 is 22.7 Å². The smallest absolute Gasteiger partial charge is 0.254 e. The summed E-state index contributed by atoms with van der Waals surface area (Å²) in [7, 11) is 0. The van der Waals surface area contributed by atoms with Crippen LogP contribution in [0.15, 0.2) is 66.7 Å². The van der Waals surface area contributed by atoms with Crippen molar-refractivity contribution in [1.82, 2.24) is 14.8 Å². The molecule has 6 rings (SSSR count). The first kappa shape index (κ1) is 27.8. The second-order valence-corrected chi connectivity index (χ2v) is 11.2. The Morgan fingerprint density at radius 1 is 1.00 bits per heavy atom. The van der Waals surface area contributed by atoms with Crippen LogP contribution >= 0.6 is 0 Å². The molecule has 2 aliphatic heterocycles. The van der Waals surface area contributed by atoms with E-state index in [1.165, 1.54) is 12.1 Å². The molecule has 0 aliphatic carbocycles. The predicted octanol–water partition coefficient (Wildman–Crippen LogP) is 5.77. The molecular formula is C34H36FN3O4. The van der Waals surface area contributed by atoms with Gasteiger partial charge < -0.3 is 24.3 Å². The maximum atomic E-state index is 14.3. The molecule has 8 heteroatoms. The van der Waals surface area contributed by atoms with Gasteiger partial charge >= 0.3 is 0 Å². The van der Waals surface area contributed by atoms with Crippen molar-refractivity contribution in [2.45, 2.75) is 45.1 Å². The number of piperazine rings is 1. The summed E-state index contributed by atoms with van der Waals surface area (Å²) < 4.78 is 25.7. The van der Waals surface area contributed by atoms with E-state index in [0.29, 0.717) is 44.2 Å².